The highest BCUT2D eigenvalue weighted by molar-refractivity contribution is 5.11. The van der Waals surface area contributed by atoms with Gasteiger partial charge in [0, 0.05) is 25.2 Å². The zero-order valence-corrected chi connectivity index (χ0v) is 22.7. The highest BCUT2D eigenvalue weighted by Crippen LogP contribution is 2.27. The molecular formula is C26H46N8O4. The van der Waals surface area contributed by atoms with E-state index in [9.17, 15) is 20.4 Å². The second-order valence-electron chi connectivity index (χ2n) is 11.2. The average molecular weight is 535 g/mol. The predicted octanol–water partition coefficient (Wildman–Crippen LogP) is 0.980. The Morgan fingerprint density at radius 1 is 0.579 bits per heavy atom. The molecule has 4 rings (SSSR count). The average Bonchev–Trinajstić information content (AvgIpc) is 3.67. The third-order valence-corrected chi connectivity index (χ3v) is 8.07. The molecule has 2 fully saturated rings. The normalized spacial score (nSPS) is 31.4. The lowest BCUT2D eigenvalue weighted by Gasteiger charge is -2.12. The van der Waals surface area contributed by atoms with Crippen molar-refractivity contribution in [2.45, 2.75) is 140 Å². The molecule has 2 aliphatic rings. The van der Waals surface area contributed by atoms with Gasteiger partial charge < -0.3 is 31.1 Å². The lowest BCUT2D eigenvalue weighted by Crippen LogP contribution is -2.29. The van der Waals surface area contributed by atoms with Gasteiger partial charge in [0.15, 0.2) is 0 Å². The van der Waals surface area contributed by atoms with Gasteiger partial charge in [-0.3, -0.25) is 9.36 Å². The monoisotopic (exact) mass is 534 g/mol. The number of unbranched alkanes of at least 4 members (excludes halogenated alkanes) is 9. The summed E-state index contributed by atoms with van der Waals surface area (Å²) in [6.45, 7) is 5.34. The molecule has 38 heavy (non-hydrogen) atoms. The third kappa shape index (κ3) is 7.36. The highest BCUT2D eigenvalue weighted by atomic mass is 16.3. The number of aryl methyl sites for hydroxylation is 2. The number of hydrogen-bond donors (Lipinski definition) is 6. The van der Waals surface area contributed by atoms with Crippen molar-refractivity contribution in [3.05, 3.63) is 23.8 Å². The van der Waals surface area contributed by atoms with Crippen LogP contribution in [0.4, 0.5) is 0 Å². The van der Waals surface area contributed by atoms with Gasteiger partial charge in [-0.25, -0.2) is 0 Å². The van der Waals surface area contributed by atoms with E-state index in [1.165, 1.54) is 51.4 Å². The lowest BCUT2D eigenvalue weighted by atomic mass is 10.1. The van der Waals surface area contributed by atoms with E-state index in [-0.39, 0.29) is 24.2 Å². The maximum atomic E-state index is 10.2. The first-order valence-corrected chi connectivity index (χ1v) is 14.4. The Balaban J connectivity index is 0.976. The van der Waals surface area contributed by atoms with Crippen LogP contribution in [0.15, 0.2) is 12.4 Å². The number of rotatable bonds is 15. The summed E-state index contributed by atoms with van der Waals surface area (Å²) in [5, 5.41) is 63.2. The zero-order chi connectivity index (χ0) is 27.1. The van der Waals surface area contributed by atoms with Gasteiger partial charge in [0.2, 0.25) is 0 Å². The van der Waals surface area contributed by atoms with Gasteiger partial charge in [0.25, 0.3) is 0 Å². The fourth-order valence-corrected chi connectivity index (χ4v) is 5.56. The molecule has 12 heteroatoms. The number of hydrogen-bond acceptors (Lipinski definition) is 10. The highest BCUT2D eigenvalue weighted by Gasteiger charge is 2.41. The molecule has 0 radical (unpaired) electrons. The number of aliphatic hydroxyl groups excluding tert-OH is 4. The third-order valence-electron chi connectivity index (χ3n) is 8.07. The molecule has 2 aromatic heterocycles. The number of aromatic nitrogens is 6. The van der Waals surface area contributed by atoms with E-state index in [0.717, 1.165) is 25.9 Å². The van der Waals surface area contributed by atoms with Gasteiger partial charge in [-0.2, -0.15) is 0 Å². The van der Waals surface area contributed by atoms with E-state index in [1.54, 1.807) is 0 Å². The Kier molecular flexibility index (Phi) is 10.6. The van der Waals surface area contributed by atoms with Gasteiger partial charge in [-0.1, -0.05) is 61.8 Å². The Morgan fingerprint density at radius 3 is 1.24 bits per heavy atom. The van der Waals surface area contributed by atoms with Crippen LogP contribution in [-0.4, -0.2) is 86.9 Å². The van der Waals surface area contributed by atoms with Crippen LogP contribution in [0, 0.1) is 0 Å². The summed E-state index contributed by atoms with van der Waals surface area (Å²) in [6.07, 6.45) is 12.4. The lowest BCUT2D eigenvalue weighted by molar-refractivity contribution is 0.0295. The molecule has 0 saturated carbocycles. The summed E-state index contributed by atoms with van der Waals surface area (Å²) in [5.41, 5.74) is 1.37. The van der Waals surface area contributed by atoms with E-state index in [2.05, 4.69) is 31.3 Å². The summed E-state index contributed by atoms with van der Waals surface area (Å²) < 4.78 is 3.66. The van der Waals surface area contributed by atoms with Crippen LogP contribution in [0.5, 0.6) is 0 Å². The van der Waals surface area contributed by atoms with Crippen LogP contribution in [-0.2, 0) is 13.1 Å². The van der Waals surface area contributed by atoms with Crippen LogP contribution in [0.1, 0.15) is 102 Å². The molecule has 0 spiro atoms. The molecule has 0 bridgehead atoms. The molecule has 4 heterocycles. The van der Waals surface area contributed by atoms with Crippen molar-refractivity contribution in [3.8, 4) is 0 Å². The molecule has 214 valence electrons. The molecular weight excluding hydrogens is 488 g/mol. The van der Waals surface area contributed by atoms with Gasteiger partial charge in [0.05, 0.1) is 36.7 Å². The quantitative estimate of drug-likeness (QED) is 0.181. The standard InChI is InChI=1S/C26H46N8O4/c1-17-23(35)25(37)21(27-17)19-15-33(31-29-19)13-11-9-7-5-3-4-6-8-10-12-14-34-16-20(30-32-34)22-26(38)24(36)18(2)28-22/h15-18,21-28,35-38H,3-14H2,1-2H3/t17-,18-,21-,22-,23+,24+,25-,26-/m0/s1. The van der Waals surface area contributed by atoms with E-state index in [0.29, 0.717) is 11.4 Å². The Labute approximate surface area is 224 Å². The molecule has 12 nitrogen and oxygen atoms in total. The van der Waals surface area contributed by atoms with Gasteiger partial charge in [0.1, 0.15) is 23.6 Å². The summed E-state index contributed by atoms with van der Waals surface area (Å²) in [7, 11) is 0. The first-order chi connectivity index (χ1) is 18.3. The Morgan fingerprint density at radius 2 is 0.921 bits per heavy atom. The van der Waals surface area contributed by atoms with Crippen LogP contribution in [0.2, 0.25) is 0 Å². The Hall–Kier alpha value is -1.96. The van der Waals surface area contributed by atoms with Crippen molar-refractivity contribution in [1.29, 1.82) is 0 Å². The molecule has 8 atom stereocenters. The molecule has 2 aromatic rings. The smallest absolute Gasteiger partial charge is 0.102 e. The van der Waals surface area contributed by atoms with Crippen molar-refractivity contribution in [2.75, 3.05) is 0 Å². The largest absolute Gasteiger partial charge is 0.389 e. The van der Waals surface area contributed by atoms with Crippen molar-refractivity contribution in [1.82, 2.24) is 40.6 Å². The Bertz CT molecular complexity index is 894. The second-order valence-corrected chi connectivity index (χ2v) is 11.2. The second kappa shape index (κ2) is 13.9. The zero-order valence-electron chi connectivity index (χ0n) is 22.7. The fraction of sp³-hybridized carbons (Fsp3) is 0.846. The molecule has 2 saturated heterocycles. The SMILES string of the molecule is C[C@@H]1N[C@@H](c2cn(CCCCCCCCCCCCn3cc([C@@H]4N[C@@H](C)[C@@H](O)[C@H]4O)nn3)nn2)[C@H](O)[C@@H]1O. The van der Waals surface area contributed by atoms with Crippen LogP contribution in [0.25, 0.3) is 0 Å². The predicted molar refractivity (Wildman–Crippen MR) is 141 cm³/mol. The summed E-state index contributed by atoms with van der Waals surface area (Å²) in [6, 6.07) is -1.05. The van der Waals surface area contributed by atoms with Gasteiger partial charge in [-0.05, 0) is 26.7 Å². The number of aliphatic hydroxyl groups is 4. The summed E-state index contributed by atoms with van der Waals surface area (Å²) in [4.78, 5) is 0. The van der Waals surface area contributed by atoms with E-state index >= 15 is 0 Å². The van der Waals surface area contributed by atoms with Crippen molar-refractivity contribution in [3.63, 3.8) is 0 Å². The van der Waals surface area contributed by atoms with Crippen LogP contribution in [0.3, 0.4) is 0 Å². The fourth-order valence-electron chi connectivity index (χ4n) is 5.56. The minimum absolute atomic E-state index is 0.162. The summed E-state index contributed by atoms with van der Waals surface area (Å²) in [5.74, 6) is 0. The van der Waals surface area contributed by atoms with E-state index in [4.69, 9.17) is 0 Å². The van der Waals surface area contributed by atoms with Crippen LogP contribution >= 0.6 is 0 Å². The van der Waals surface area contributed by atoms with Crippen molar-refractivity contribution >= 4 is 0 Å². The molecule has 0 amide bonds. The van der Waals surface area contributed by atoms with Gasteiger partial charge in [-0.15, -0.1) is 10.2 Å². The van der Waals surface area contributed by atoms with Gasteiger partial charge >= 0.3 is 0 Å². The summed E-state index contributed by atoms with van der Waals surface area (Å²) >= 11 is 0. The topological polar surface area (TPSA) is 166 Å². The minimum atomic E-state index is -0.854. The minimum Gasteiger partial charge on any atom is -0.389 e. The number of nitrogens with one attached hydrogen (secondary N) is 2. The van der Waals surface area contributed by atoms with Crippen molar-refractivity contribution < 1.29 is 20.4 Å². The molecule has 6 N–H and O–H groups in total. The molecule has 0 aliphatic carbocycles. The maximum absolute atomic E-state index is 10.2. The first kappa shape index (κ1) is 29.0. The molecule has 2 aliphatic heterocycles. The van der Waals surface area contributed by atoms with E-state index < -0.39 is 24.4 Å². The molecule has 0 aromatic carbocycles. The number of nitrogens with zero attached hydrogens (tertiary/aromatic N) is 6. The first-order valence-electron chi connectivity index (χ1n) is 14.4. The van der Waals surface area contributed by atoms with Crippen molar-refractivity contribution in [2.24, 2.45) is 0 Å². The maximum Gasteiger partial charge on any atom is 0.102 e. The molecule has 0 unspecified atom stereocenters. The van der Waals surface area contributed by atoms with E-state index in [1.807, 2.05) is 35.6 Å². The van der Waals surface area contributed by atoms with Crippen LogP contribution < -0.4 is 10.6 Å².